The Labute approximate surface area is 155 Å². The Kier molecular flexibility index (Phi) is 3.98. The number of ether oxygens (including phenoxy) is 1. The van der Waals surface area contributed by atoms with Crippen LogP contribution in [0.5, 0.6) is 0 Å². The summed E-state index contributed by atoms with van der Waals surface area (Å²) in [5, 5.41) is 0. The molecule has 0 N–H and O–H groups in total. The van der Waals surface area contributed by atoms with E-state index in [1.54, 1.807) is 4.90 Å². The number of likely N-dealkylation sites (tertiary alicyclic amines) is 1. The summed E-state index contributed by atoms with van der Waals surface area (Å²) < 4.78 is 44.3. The number of pyridine rings is 1. The molecule has 3 fully saturated rings. The molecule has 0 aromatic carbocycles. The van der Waals surface area contributed by atoms with Crippen LogP contribution in [0, 0.1) is 5.92 Å². The minimum atomic E-state index is -4.41. The van der Waals surface area contributed by atoms with Crippen molar-refractivity contribution in [3.63, 3.8) is 0 Å². The van der Waals surface area contributed by atoms with Crippen molar-refractivity contribution in [2.45, 2.75) is 56.6 Å². The van der Waals surface area contributed by atoms with E-state index in [0.717, 1.165) is 44.7 Å². The van der Waals surface area contributed by atoms with Crippen molar-refractivity contribution in [1.29, 1.82) is 0 Å². The molecule has 27 heavy (non-hydrogen) atoms. The van der Waals surface area contributed by atoms with Crippen molar-refractivity contribution in [2.75, 3.05) is 19.7 Å². The van der Waals surface area contributed by atoms with Crippen LogP contribution in [0.4, 0.5) is 13.2 Å². The van der Waals surface area contributed by atoms with Gasteiger partial charge in [-0.3, -0.25) is 14.7 Å². The molecule has 5 nitrogen and oxygen atoms in total. The smallest absolute Gasteiger partial charge is 0.373 e. The summed E-state index contributed by atoms with van der Waals surface area (Å²) in [5.74, 6) is 0.0675. The van der Waals surface area contributed by atoms with Crippen molar-refractivity contribution in [3.05, 3.63) is 29.1 Å². The maximum atomic E-state index is 13.0. The highest BCUT2D eigenvalue weighted by Gasteiger charge is 2.51. The van der Waals surface area contributed by atoms with Gasteiger partial charge < -0.3 is 9.64 Å². The van der Waals surface area contributed by atoms with E-state index in [1.807, 2.05) is 0 Å². The Hall–Kier alpha value is -1.67. The van der Waals surface area contributed by atoms with E-state index >= 15 is 0 Å². The number of hydrogen-bond acceptors (Lipinski definition) is 4. The largest absolute Gasteiger partial charge is 0.417 e. The first-order chi connectivity index (χ1) is 12.9. The molecule has 1 aromatic rings. The number of carbonyl (C=O) groups is 1. The van der Waals surface area contributed by atoms with Crippen molar-refractivity contribution < 1.29 is 22.7 Å². The molecule has 8 heteroatoms. The molecule has 1 amide bonds. The second-order valence-electron chi connectivity index (χ2n) is 8.14. The van der Waals surface area contributed by atoms with Gasteiger partial charge in [-0.1, -0.05) is 0 Å². The molecule has 4 unspecified atom stereocenters. The number of amides is 1. The van der Waals surface area contributed by atoms with Crippen LogP contribution < -0.4 is 0 Å². The Bertz CT molecular complexity index is 769. The molecule has 4 aliphatic rings. The fourth-order valence-electron chi connectivity index (χ4n) is 4.94. The summed E-state index contributed by atoms with van der Waals surface area (Å²) in [6, 6.07) is 2.13. The molecule has 1 aliphatic carbocycles. The lowest BCUT2D eigenvalue weighted by atomic mass is 9.91. The van der Waals surface area contributed by atoms with Gasteiger partial charge in [-0.2, -0.15) is 13.2 Å². The maximum Gasteiger partial charge on any atom is 0.417 e. The highest BCUT2D eigenvalue weighted by molar-refractivity contribution is 5.79. The topological polar surface area (TPSA) is 45.7 Å². The number of carbonyl (C=O) groups excluding carboxylic acids is 1. The van der Waals surface area contributed by atoms with E-state index in [9.17, 15) is 18.0 Å². The van der Waals surface area contributed by atoms with Crippen LogP contribution in [0.2, 0.25) is 0 Å². The van der Waals surface area contributed by atoms with E-state index in [2.05, 4.69) is 9.88 Å². The predicted octanol–water partition coefficient (Wildman–Crippen LogP) is 2.24. The highest BCUT2D eigenvalue weighted by Crippen LogP contribution is 2.40. The standard InChI is InChI=1S/C19H22F3N3O2/c20-19(21,22)13-5-12-8-24(4-3-15(12)23-7-13)18(26)11-1-2-14(6-11)25-9-17-16(25)10-27-17/h5,7,11,14,16-17H,1-4,6,8-10H2. The third-order valence-corrected chi connectivity index (χ3v) is 6.63. The van der Waals surface area contributed by atoms with Crippen LogP contribution >= 0.6 is 0 Å². The molecule has 146 valence electrons. The van der Waals surface area contributed by atoms with E-state index in [1.165, 1.54) is 0 Å². The normalized spacial score (nSPS) is 33.1. The third-order valence-electron chi connectivity index (χ3n) is 6.63. The summed E-state index contributed by atoms with van der Waals surface area (Å²) in [5.41, 5.74) is 0.454. The second-order valence-corrected chi connectivity index (χ2v) is 8.14. The molecular weight excluding hydrogens is 359 g/mol. The first-order valence-corrected chi connectivity index (χ1v) is 9.61. The van der Waals surface area contributed by atoms with Gasteiger partial charge in [0.1, 0.15) is 0 Å². The fraction of sp³-hybridized carbons (Fsp3) is 0.684. The van der Waals surface area contributed by atoms with Crippen LogP contribution in [0.3, 0.4) is 0 Å². The quantitative estimate of drug-likeness (QED) is 0.788. The summed E-state index contributed by atoms with van der Waals surface area (Å²) in [7, 11) is 0. The van der Waals surface area contributed by atoms with Crippen LogP contribution in [0.25, 0.3) is 0 Å². The van der Waals surface area contributed by atoms with Crippen LogP contribution in [-0.2, 0) is 28.7 Å². The number of morpholine rings is 1. The zero-order chi connectivity index (χ0) is 18.8. The average Bonchev–Trinajstić information content (AvgIpc) is 3.11. The van der Waals surface area contributed by atoms with Gasteiger partial charge in [-0.25, -0.2) is 0 Å². The molecule has 0 radical (unpaired) electrons. The number of alkyl halides is 3. The zero-order valence-corrected chi connectivity index (χ0v) is 14.9. The molecule has 1 saturated carbocycles. The minimum Gasteiger partial charge on any atom is -0.373 e. The van der Waals surface area contributed by atoms with Gasteiger partial charge in [0.25, 0.3) is 0 Å². The summed E-state index contributed by atoms with van der Waals surface area (Å²) in [6.45, 7) is 2.54. The second kappa shape index (κ2) is 6.17. The monoisotopic (exact) mass is 381 g/mol. The van der Waals surface area contributed by atoms with Crippen molar-refractivity contribution in [2.24, 2.45) is 5.92 Å². The number of hydrogen-bond donors (Lipinski definition) is 0. The van der Waals surface area contributed by atoms with Gasteiger partial charge in [0, 0.05) is 49.9 Å². The van der Waals surface area contributed by atoms with Gasteiger partial charge in [0.2, 0.25) is 5.91 Å². The molecule has 0 bridgehead atoms. The van der Waals surface area contributed by atoms with Crippen molar-refractivity contribution in [1.82, 2.24) is 14.8 Å². The Morgan fingerprint density at radius 3 is 2.81 bits per heavy atom. The molecular formula is C19H22F3N3O2. The van der Waals surface area contributed by atoms with Crippen molar-refractivity contribution in [3.8, 4) is 0 Å². The molecule has 0 spiro atoms. The van der Waals surface area contributed by atoms with Gasteiger partial charge in [0.15, 0.2) is 0 Å². The Morgan fingerprint density at radius 1 is 1.30 bits per heavy atom. The summed E-state index contributed by atoms with van der Waals surface area (Å²) in [4.78, 5) is 21.1. The average molecular weight is 381 g/mol. The molecule has 4 atom stereocenters. The SMILES string of the molecule is O=C(C1CCC(N2CC3OCC32)C1)N1CCc2ncc(C(F)(F)F)cc2C1. The van der Waals surface area contributed by atoms with Gasteiger partial charge >= 0.3 is 6.18 Å². The number of rotatable bonds is 2. The third kappa shape index (κ3) is 2.93. The number of fused-ring (bicyclic) bond motifs is 2. The lowest BCUT2D eigenvalue weighted by Gasteiger charge is -2.57. The molecule has 2 saturated heterocycles. The fourth-order valence-corrected chi connectivity index (χ4v) is 4.94. The Morgan fingerprint density at radius 2 is 2.15 bits per heavy atom. The minimum absolute atomic E-state index is 0.0182. The summed E-state index contributed by atoms with van der Waals surface area (Å²) >= 11 is 0. The highest BCUT2D eigenvalue weighted by atomic mass is 19.4. The van der Waals surface area contributed by atoms with Gasteiger partial charge in [-0.15, -0.1) is 0 Å². The van der Waals surface area contributed by atoms with Crippen LogP contribution in [0.15, 0.2) is 12.3 Å². The Balaban J connectivity index is 1.24. The van der Waals surface area contributed by atoms with Gasteiger partial charge in [-0.05, 0) is 30.9 Å². The number of aromatic nitrogens is 1. The van der Waals surface area contributed by atoms with E-state index in [0.29, 0.717) is 42.4 Å². The molecule has 4 heterocycles. The molecule has 5 rings (SSSR count). The van der Waals surface area contributed by atoms with Crippen molar-refractivity contribution >= 4 is 5.91 Å². The first kappa shape index (κ1) is 17.4. The lowest BCUT2D eigenvalue weighted by Crippen LogP contribution is -2.72. The van der Waals surface area contributed by atoms with Gasteiger partial charge in [0.05, 0.1) is 24.3 Å². The number of halogens is 3. The number of nitrogens with zero attached hydrogens (tertiary/aromatic N) is 3. The van der Waals surface area contributed by atoms with E-state index in [4.69, 9.17) is 4.74 Å². The predicted molar refractivity (Wildman–Crippen MR) is 89.7 cm³/mol. The van der Waals surface area contributed by atoms with Crippen LogP contribution in [0.1, 0.15) is 36.1 Å². The first-order valence-electron chi connectivity index (χ1n) is 9.61. The zero-order valence-electron chi connectivity index (χ0n) is 14.9. The maximum absolute atomic E-state index is 13.0. The molecule has 1 aromatic heterocycles. The molecule has 3 aliphatic heterocycles. The summed E-state index contributed by atoms with van der Waals surface area (Å²) in [6.07, 6.45) is 0.130. The van der Waals surface area contributed by atoms with Crippen LogP contribution in [-0.4, -0.2) is 58.6 Å². The van der Waals surface area contributed by atoms with E-state index < -0.39 is 11.7 Å². The van der Waals surface area contributed by atoms with E-state index in [-0.39, 0.29) is 18.4 Å². The lowest BCUT2D eigenvalue weighted by molar-refractivity contribution is -0.226.